The molecule has 0 amide bonds. The molecule has 0 heterocycles. The summed E-state index contributed by atoms with van der Waals surface area (Å²) < 4.78 is 214. The molecule has 0 bridgehead atoms. The summed E-state index contributed by atoms with van der Waals surface area (Å²) >= 11 is 0. The fraction of sp³-hybridized carbons (Fsp3) is 0.957. The van der Waals surface area contributed by atoms with E-state index in [9.17, 15) is 4.79 Å². The Hall–Kier alpha value is 4.73. The summed E-state index contributed by atoms with van der Waals surface area (Å²) in [7, 11) is -87.2. The molecule has 0 radical (unpaired) electrons. The summed E-state index contributed by atoms with van der Waals surface area (Å²) in [6, 6.07) is 0.818. The lowest BCUT2D eigenvalue weighted by Gasteiger charge is -2.45. The molecule has 0 rings (SSSR count). The molecule has 0 aromatic heterocycles. The van der Waals surface area contributed by atoms with E-state index in [4.69, 9.17) is 128 Å². The van der Waals surface area contributed by atoms with Gasteiger partial charge in [0.2, 0.25) is 0 Å². The quantitative estimate of drug-likeness (QED) is 0.0236. The van der Waals surface area contributed by atoms with Gasteiger partial charge in [0, 0.05) is 5.57 Å². The first-order chi connectivity index (χ1) is 57.0. The summed E-state index contributed by atoms with van der Waals surface area (Å²) in [6.07, 6.45) is 0.707. The van der Waals surface area contributed by atoms with Gasteiger partial charge in [-0.15, -0.1) is 0 Å². The van der Waals surface area contributed by atoms with Gasteiger partial charge in [-0.3, -0.25) is 0 Å². The monoisotopic (exact) mass is 2420 g/mol. The number of hydrogen-bond donors (Lipinski definition) is 0. The predicted octanol–water partition coefficient (Wildman–Crippen LogP) is 24.4. The molecule has 63 heteroatoms. The zero-order chi connectivity index (χ0) is 107. The summed E-state index contributed by atoms with van der Waals surface area (Å²) in [5, 5.41) is 0. The highest BCUT2D eigenvalue weighted by Gasteiger charge is 2.59. The molecule has 0 aromatic carbocycles. The third-order valence-electron chi connectivity index (χ3n) is 16.3. The van der Waals surface area contributed by atoms with Crippen LogP contribution in [0, 0.1) is 0 Å². The van der Waals surface area contributed by atoms with E-state index in [0.717, 1.165) is 6.04 Å². The molecule has 0 aliphatic carbocycles. The Bertz CT molecular complexity index is 3560. The van der Waals surface area contributed by atoms with Crippen molar-refractivity contribution in [3.8, 4) is 0 Å². The largest absolute Gasteiger partial charge is 0.462 e. The summed E-state index contributed by atoms with van der Waals surface area (Å²) in [5.41, 5.74) is 0.390. The number of esters is 1. The maximum Gasteiger partial charge on any atom is 0.333 e. The van der Waals surface area contributed by atoms with Gasteiger partial charge >= 0.3 is 254 Å². The first-order valence-electron chi connectivity index (χ1n) is 46.9. The van der Waals surface area contributed by atoms with Gasteiger partial charge < -0.3 is 128 Å². The molecule has 0 aromatic rings. The van der Waals surface area contributed by atoms with Gasteiger partial charge in [0.1, 0.15) is 0 Å². The zero-order valence-electron chi connectivity index (χ0n) is 96.4. The first kappa shape index (κ1) is 138. The molecule has 0 N–H and O–H groups in total. The van der Waals surface area contributed by atoms with Crippen molar-refractivity contribution >= 4 is 271 Å². The molecule has 0 saturated heterocycles. The Labute approximate surface area is 846 Å². The zero-order valence-corrected chi connectivity index (χ0v) is 127. The summed E-state index contributed by atoms with van der Waals surface area (Å²) in [6.45, 7) is 136. The molecule has 0 spiro atoms. The third kappa shape index (κ3) is 64.1. The Morgan fingerprint density at radius 2 is 0.248 bits per heavy atom. The van der Waals surface area contributed by atoms with E-state index in [0.29, 0.717) is 18.6 Å². The summed E-state index contributed by atoms with van der Waals surface area (Å²) in [5.74, 6) is -0.374. The molecule has 32 nitrogen and oxygen atoms in total. The van der Waals surface area contributed by atoms with Gasteiger partial charge in [-0.25, -0.2) is 4.79 Å². The average Bonchev–Trinajstić information content (AvgIpc) is 0.798. The van der Waals surface area contributed by atoms with Gasteiger partial charge in [-0.05, 0) is 432 Å². The standard InChI is InChI=1S/C70H200O32Si31/c1-69(2)70(71)72-67-66-68-104(6,7)74-106(10,11)76-108(14,15)78-110(18,19)80-112(22,23)82-114(26,27)84-116(30,31)86-118(34,35)88-120(38,39)90-122(42,43)92-124(46,47)94-126(50,51)96-128(54,55)98-130(58,59)100-132(62,63)102-133(64,65)101-131(60,61)99-129(56,57)97-127(52,53)95-125(48,49)93-123(44,45)91-121(40,41)89-119(36,37)87-117(32,33)85-115(28,29)83-113(24,25)81-111(20,21)79-109(16,17)77-107(12,13)75-105(8,9)73-103(3,4)5/h1,66-68H2,2-65H3. The van der Waals surface area contributed by atoms with E-state index in [-0.39, 0.29) is 5.97 Å². The molecule has 0 atom stereocenters. The Kier molecular flexibility index (Phi) is 49.0. The Morgan fingerprint density at radius 1 is 0.158 bits per heavy atom. The second kappa shape index (κ2) is 47.3. The predicted molar refractivity (Wildman–Crippen MR) is 616 cm³/mol. The molecule has 0 unspecified atom stereocenters. The van der Waals surface area contributed by atoms with Gasteiger partial charge in [-0.1, -0.05) is 6.58 Å². The van der Waals surface area contributed by atoms with Crippen molar-refractivity contribution in [2.45, 2.75) is 432 Å². The molecule has 133 heavy (non-hydrogen) atoms. The number of carbonyl (C=O) groups excluding carboxylic acids is 1. The lowest BCUT2D eigenvalue weighted by molar-refractivity contribution is -0.139. The number of ether oxygens (including phenoxy) is 1. The van der Waals surface area contributed by atoms with E-state index >= 15 is 0 Å². The van der Waals surface area contributed by atoms with Crippen molar-refractivity contribution in [1.29, 1.82) is 0 Å². The second-order valence-corrected chi connectivity index (χ2v) is 163. The molecular weight excluding hydrogens is 2220 g/mol. The van der Waals surface area contributed by atoms with Crippen molar-refractivity contribution in [1.82, 2.24) is 0 Å². The van der Waals surface area contributed by atoms with Crippen molar-refractivity contribution < 1.29 is 133 Å². The molecule has 0 fully saturated rings. The first-order valence-corrected chi connectivity index (χ1v) is 135. The highest BCUT2D eigenvalue weighted by Crippen LogP contribution is 2.39. The third-order valence-corrected chi connectivity index (χ3v) is 137. The van der Waals surface area contributed by atoms with Gasteiger partial charge in [0.15, 0.2) is 16.6 Å². The highest BCUT2D eigenvalue weighted by atomic mass is 28.6. The van der Waals surface area contributed by atoms with E-state index < -0.39 is 265 Å². The van der Waals surface area contributed by atoms with Gasteiger partial charge in [-0.2, -0.15) is 0 Å². The van der Waals surface area contributed by atoms with Crippen LogP contribution in [0.15, 0.2) is 12.2 Å². The summed E-state index contributed by atoms with van der Waals surface area (Å²) in [4.78, 5) is 11.9. The normalized spacial score (nSPS) is 16.0. The van der Waals surface area contributed by atoms with Crippen LogP contribution in [-0.4, -0.2) is 277 Å². The maximum absolute atomic E-state index is 11.9. The van der Waals surface area contributed by atoms with Crippen LogP contribution in [0.5, 0.6) is 0 Å². The molecule has 0 saturated carbocycles. The van der Waals surface area contributed by atoms with Crippen LogP contribution >= 0.6 is 0 Å². The van der Waals surface area contributed by atoms with Crippen molar-refractivity contribution in [3.63, 3.8) is 0 Å². The molecule has 0 aliphatic heterocycles. The van der Waals surface area contributed by atoms with Gasteiger partial charge in [0.05, 0.1) is 6.61 Å². The second-order valence-electron chi connectivity index (χ2n) is 49.5. The van der Waals surface area contributed by atoms with E-state index in [1.807, 2.05) is 157 Å². The highest BCUT2D eigenvalue weighted by molar-refractivity contribution is 6.99. The molecule has 0 aliphatic rings. The SMILES string of the molecule is C=C(C)C(=O)OCCC[Si](C)(C)O[Si](C)(C)O[Si](C)(C)O[Si](C)(C)O[Si](C)(C)O[Si](C)(C)O[Si](C)(C)O[Si](C)(C)O[Si](C)(C)O[Si](C)(C)O[Si](C)(C)O[Si](C)(C)O[Si](C)(C)O[Si](C)(C)O[Si](C)(C)O[Si](C)(C)O[Si](C)(C)O[Si](C)(C)O[Si](C)(C)O[Si](C)(C)O[Si](C)(C)O[Si](C)(C)O[Si](C)(C)O[Si](C)(C)O[Si](C)(C)O[Si](C)(C)O[Si](C)(C)O[Si](C)(C)O[Si](C)(C)O[Si](C)(C)O[Si](C)(C)C. The van der Waals surface area contributed by atoms with Crippen molar-refractivity contribution in [2.75, 3.05) is 6.61 Å². The van der Waals surface area contributed by atoms with Crippen molar-refractivity contribution in [2.24, 2.45) is 0 Å². The van der Waals surface area contributed by atoms with Crippen LogP contribution in [0.2, 0.25) is 419 Å². The molecule has 796 valence electrons. The number of carbonyl (C=O) groups is 1. The van der Waals surface area contributed by atoms with Crippen LogP contribution in [-0.2, 0) is 133 Å². The minimum atomic E-state index is -2.95. The number of hydrogen-bond acceptors (Lipinski definition) is 32. The van der Waals surface area contributed by atoms with E-state index in [2.05, 4.69) is 262 Å². The minimum absolute atomic E-state index is 0.326. The lowest BCUT2D eigenvalue weighted by atomic mass is 10.4. The Balaban J connectivity index is 5.96. The van der Waals surface area contributed by atoms with Crippen LogP contribution in [0.25, 0.3) is 0 Å². The molecular formula is C70H200O32Si31. The van der Waals surface area contributed by atoms with Crippen LogP contribution in [0.3, 0.4) is 0 Å². The van der Waals surface area contributed by atoms with E-state index in [1.54, 1.807) is 6.92 Å². The van der Waals surface area contributed by atoms with Crippen LogP contribution < -0.4 is 0 Å². The maximum atomic E-state index is 11.9. The van der Waals surface area contributed by atoms with Crippen molar-refractivity contribution in [3.05, 3.63) is 12.2 Å². The fourth-order valence-corrected chi connectivity index (χ4v) is 180. The fourth-order valence-electron chi connectivity index (χ4n) is 19.4. The Morgan fingerprint density at radius 3 is 0.338 bits per heavy atom. The van der Waals surface area contributed by atoms with Gasteiger partial charge in [0.25, 0.3) is 0 Å². The smallest absolute Gasteiger partial charge is 0.333 e. The number of rotatable bonds is 65. The van der Waals surface area contributed by atoms with Crippen LogP contribution in [0.4, 0.5) is 0 Å². The van der Waals surface area contributed by atoms with Crippen LogP contribution in [0.1, 0.15) is 13.3 Å². The topological polar surface area (TPSA) is 303 Å². The average molecular weight is 2430 g/mol. The van der Waals surface area contributed by atoms with E-state index in [1.165, 1.54) is 0 Å². The lowest BCUT2D eigenvalue weighted by Crippen LogP contribution is -2.63. The minimum Gasteiger partial charge on any atom is -0.462 e.